The lowest BCUT2D eigenvalue weighted by Crippen LogP contribution is -2.54. The van der Waals surface area contributed by atoms with E-state index in [1.54, 1.807) is 0 Å². The van der Waals surface area contributed by atoms with Crippen molar-refractivity contribution in [2.75, 3.05) is 24.5 Å². The molecular weight excluding hydrogens is 274 g/mol. The average molecular weight is 291 g/mol. The van der Waals surface area contributed by atoms with E-state index >= 15 is 0 Å². The Morgan fingerprint density at radius 3 is 2.50 bits per heavy atom. The van der Waals surface area contributed by atoms with Crippen molar-refractivity contribution in [3.05, 3.63) is 28.0 Å². The van der Waals surface area contributed by atoms with Crippen molar-refractivity contribution < 1.29 is 4.39 Å². The van der Waals surface area contributed by atoms with Crippen molar-refractivity contribution in [3.63, 3.8) is 0 Å². The van der Waals surface area contributed by atoms with Gasteiger partial charge < -0.3 is 10.2 Å². The molecule has 1 aromatic rings. The number of nitrogens with one attached hydrogen (secondary N) is 1. The van der Waals surface area contributed by atoms with Crippen molar-refractivity contribution in [1.82, 2.24) is 5.32 Å². The van der Waals surface area contributed by atoms with Gasteiger partial charge in [-0.3, -0.25) is 0 Å². The smallest absolute Gasteiger partial charge is 0.126 e. The minimum absolute atomic E-state index is 0.319. The van der Waals surface area contributed by atoms with Gasteiger partial charge in [0.05, 0.1) is 15.7 Å². The molecule has 0 aromatic heterocycles. The van der Waals surface area contributed by atoms with E-state index in [4.69, 9.17) is 23.2 Å². The summed E-state index contributed by atoms with van der Waals surface area (Å²) in [5.41, 5.74) is 0.750. The number of nitrogens with zero attached hydrogens (tertiary/aromatic N) is 1. The van der Waals surface area contributed by atoms with Crippen LogP contribution in [0.1, 0.15) is 13.8 Å². The Balaban J connectivity index is 2.39. The molecule has 1 aromatic carbocycles. The molecule has 1 atom stereocenters. The predicted octanol–water partition coefficient (Wildman–Crippen LogP) is 3.57. The lowest BCUT2D eigenvalue weighted by Gasteiger charge is -2.41. The van der Waals surface area contributed by atoms with Crippen LogP contribution in [0.25, 0.3) is 0 Å². The monoisotopic (exact) mass is 290 g/mol. The SMILES string of the molecule is CC(C)C1CNCCN1c1c(Cl)cc(F)cc1Cl. The zero-order valence-corrected chi connectivity index (χ0v) is 12.0. The molecule has 18 heavy (non-hydrogen) atoms. The molecule has 1 N–H and O–H groups in total. The van der Waals surface area contributed by atoms with Gasteiger partial charge in [0.2, 0.25) is 0 Å². The van der Waals surface area contributed by atoms with Gasteiger partial charge in [-0.1, -0.05) is 37.0 Å². The zero-order valence-electron chi connectivity index (χ0n) is 10.5. The quantitative estimate of drug-likeness (QED) is 0.896. The largest absolute Gasteiger partial charge is 0.363 e. The molecule has 1 aliphatic rings. The maximum Gasteiger partial charge on any atom is 0.126 e. The third-order valence-electron chi connectivity index (χ3n) is 3.32. The molecule has 1 fully saturated rings. The van der Waals surface area contributed by atoms with E-state index in [1.165, 1.54) is 12.1 Å². The number of hydrogen-bond acceptors (Lipinski definition) is 2. The van der Waals surface area contributed by atoms with E-state index in [0.29, 0.717) is 22.0 Å². The fraction of sp³-hybridized carbons (Fsp3) is 0.538. The van der Waals surface area contributed by atoms with Crippen molar-refractivity contribution in [1.29, 1.82) is 0 Å². The van der Waals surface area contributed by atoms with Crippen molar-refractivity contribution in [2.24, 2.45) is 5.92 Å². The van der Waals surface area contributed by atoms with E-state index in [1.807, 2.05) is 0 Å². The first kappa shape index (κ1) is 13.9. The third-order valence-corrected chi connectivity index (χ3v) is 3.90. The minimum atomic E-state index is -0.398. The summed E-state index contributed by atoms with van der Waals surface area (Å²) in [5, 5.41) is 4.13. The van der Waals surface area contributed by atoms with E-state index in [-0.39, 0.29) is 0 Å². The second-order valence-corrected chi connectivity index (χ2v) is 5.74. The number of benzene rings is 1. The molecular formula is C13H17Cl2FN2. The van der Waals surface area contributed by atoms with Gasteiger partial charge in [-0.15, -0.1) is 0 Å². The van der Waals surface area contributed by atoms with Gasteiger partial charge in [0.15, 0.2) is 0 Å². The summed E-state index contributed by atoms with van der Waals surface area (Å²) in [7, 11) is 0. The van der Waals surface area contributed by atoms with Gasteiger partial charge in [-0.25, -0.2) is 4.39 Å². The van der Waals surface area contributed by atoms with Gasteiger partial charge in [0.25, 0.3) is 0 Å². The standard InChI is InChI=1S/C13H17Cl2FN2/c1-8(2)12-7-17-3-4-18(12)13-10(14)5-9(16)6-11(13)15/h5-6,8,12,17H,3-4,7H2,1-2H3. The summed E-state index contributed by atoms with van der Waals surface area (Å²) < 4.78 is 13.2. The van der Waals surface area contributed by atoms with Crippen LogP contribution in [0.4, 0.5) is 10.1 Å². The highest BCUT2D eigenvalue weighted by Crippen LogP contribution is 2.37. The normalized spacial score (nSPS) is 20.6. The van der Waals surface area contributed by atoms with E-state index in [0.717, 1.165) is 25.3 Å². The number of piperazine rings is 1. The zero-order chi connectivity index (χ0) is 13.3. The van der Waals surface area contributed by atoms with Crippen LogP contribution in [-0.2, 0) is 0 Å². The van der Waals surface area contributed by atoms with Crippen molar-refractivity contribution in [3.8, 4) is 0 Å². The Kier molecular flexibility index (Phi) is 4.36. The van der Waals surface area contributed by atoms with E-state index < -0.39 is 5.82 Å². The first-order chi connectivity index (χ1) is 8.50. The Morgan fingerprint density at radius 2 is 1.94 bits per heavy atom. The molecule has 100 valence electrons. The molecule has 0 amide bonds. The van der Waals surface area contributed by atoms with Crippen molar-refractivity contribution in [2.45, 2.75) is 19.9 Å². The number of hydrogen-bond donors (Lipinski definition) is 1. The summed E-state index contributed by atoms with van der Waals surface area (Å²) in [4.78, 5) is 2.19. The molecule has 0 bridgehead atoms. The van der Waals surface area contributed by atoms with E-state index in [9.17, 15) is 4.39 Å². The first-order valence-corrected chi connectivity index (χ1v) is 6.88. The molecule has 1 aliphatic heterocycles. The maximum atomic E-state index is 13.2. The Hall–Kier alpha value is -0.510. The molecule has 1 unspecified atom stereocenters. The Bertz CT molecular complexity index is 414. The van der Waals surface area contributed by atoms with Crippen molar-refractivity contribution >= 4 is 28.9 Å². The van der Waals surface area contributed by atoms with Crippen LogP contribution >= 0.6 is 23.2 Å². The predicted molar refractivity (Wildman–Crippen MR) is 75.3 cm³/mol. The third kappa shape index (κ3) is 2.73. The lowest BCUT2D eigenvalue weighted by atomic mass is 9.99. The molecule has 1 heterocycles. The van der Waals surface area contributed by atoms with Gasteiger partial charge in [0, 0.05) is 25.7 Å². The topological polar surface area (TPSA) is 15.3 Å². The van der Waals surface area contributed by atoms with Crippen LogP contribution in [-0.4, -0.2) is 25.7 Å². The molecule has 2 rings (SSSR count). The molecule has 1 saturated heterocycles. The first-order valence-electron chi connectivity index (χ1n) is 6.12. The number of rotatable bonds is 2. The highest BCUT2D eigenvalue weighted by atomic mass is 35.5. The van der Waals surface area contributed by atoms with Crippen LogP contribution in [0.15, 0.2) is 12.1 Å². The van der Waals surface area contributed by atoms with Gasteiger partial charge in [-0.05, 0) is 18.1 Å². The summed E-state index contributed by atoms with van der Waals surface area (Å²) in [6.07, 6.45) is 0. The molecule has 0 aliphatic carbocycles. The number of anilines is 1. The molecule has 5 heteroatoms. The Labute approximate surface area is 117 Å². The Morgan fingerprint density at radius 1 is 1.33 bits per heavy atom. The lowest BCUT2D eigenvalue weighted by molar-refractivity contribution is 0.390. The number of halogens is 3. The van der Waals surface area contributed by atoms with Crippen LogP contribution in [0.5, 0.6) is 0 Å². The van der Waals surface area contributed by atoms with Crippen LogP contribution in [0.2, 0.25) is 10.0 Å². The van der Waals surface area contributed by atoms with Gasteiger partial charge >= 0.3 is 0 Å². The fourth-order valence-corrected chi connectivity index (χ4v) is 3.09. The maximum absolute atomic E-state index is 13.2. The van der Waals surface area contributed by atoms with Crippen LogP contribution < -0.4 is 10.2 Å². The second-order valence-electron chi connectivity index (χ2n) is 4.93. The summed E-state index contributed by atoms with van der Waals surface area (Å²) in [6, 6.07) is 2.96. The van der Waals surface area contributed by atoms with Gasteiger partial charge in [0.1, 0.15) is 5.82 Å². The average Bonchev–Trinajstić information content (AvgIpc) is 2.28. The van der Waals surface area contributed by atoms with E-state index in [2.05, 4.69) is 24.1 Å². The molecule has 2 nitrogen and oxygen atoms in total. The van der Waals surface area contributed by atoms with Crippen LogP contribution in [0, 0.1) is 11.7 Å². The van der Waals surface area contributed by atoms with Crippen LogP contribution in [0.3, 0.4) is 0 Å². The summed E-state index contributed by atoms with van der Waals surface area (Å²) in [5.74, 6) is 0.0694. The summed E-state index contributed by atoms with van der Waals surface area (Å²) >= 11 is 12.3. The van der Waals surface area contributed by atoms with Gasteiger partial charge in [-0.2, -0.15) is 0 Å². The molecule has 0 spiro atoms. The highest BCUT2D eigenvalue weighted by molar-refractivity contribution is 6.39. The summed E-state index contributed by atoms with van der Waals surface area (Å²) in [6.45, 7) is 6.93. The fourth-order valence-electron chi connectivity index (χ4n) is 2.41. The molecule has 0 radical (unpaired) electrons. The minimum Gasteiger partial charge on any atom is -0.363 e. The molecule has 0 saturated carbocycles. The highest BCUT2D eigenvalue weighted by Gasteiger charge is 2.28. The second kappa shape index (κ2) is 5.64.